The summed E-state index contributed by atoms with van der Waals surface area (Å²) in [6, 6.07) is 19.0. The Labute approximate surface area is 229 Å². The minimum atomic E-state index is -0.379. The van der Waals surface area contributed by atoms with Gasteiger partial charge in [0.25, 0.3) is 0 Å². The predicted octanol–water partition coefficient (Wildman–Crippen LogP) is 5.58. The van der Waals surface area contributed by atoms with E-state index >= 15 is 0 Å². The maximum atomic E-state index is 12.3. The molecule has 0 bridgehead atoms. The topological polar surface area (TPSA) is 98.3 Å². The van der Waals surface area contributed by atoms with E-state index in [0.717, 1.165) is 16.7 Å². The van der Waals surface area contributed by atoms with Crippen molar-refractivity contribution in [2.45, 2.75) is 39.7 Å². The highest BCUT2D eigenvalue weighted by Crippen LogP contribution is 2.34. The Morgan fingerprint density at radius 3 is 2.44 bits per heavy atom. The number of hydrogen-bond donors (Lipinski definition) is 2. The minimum Gasteiger partial charge on any atom is -0.495 e. The van der Waals surface area contributed by atoms with Gasteiger partial charge in [-0.1, -0.05) is 48.0 Å². The van der Waals surface area contributed by atoms with Crippen molar-refractivity contribution >= 4 is 23.7 Å². The smallest absolute Gasteiger partial charge is 0.240 e. The standard InChI is InChI=1S/C31H35N3O5/c1-5-9-25-18-24(19-28(38-6-2)31(25)39-21-23-14-12-22(3)13-15-23)20-32-34-30(36)17-16-29(35)33-26-10-7-8-11-27(26)37-4/h5,7-8,10-15,18-20H,1,6,9,16-17,21H2,2-4H3,(H,33,35)(H,34,36). The maximum Gasteiger partial charge on any atom is 0.240 e. The molecule has 3 rings (SSSR count). The molecule has 0 fully saturated rings. The lowest BCUT2D eigenvalue weighted by Gasteiger charge is -2.17. The van der Waals surface area contributed by atoms with Crippen LogP contribution in [0, 0.1) is 6.92 Å². The van der Waals surface area contributed by atoms with Crippen LogP contribution in [0.4, 0.5) is 5.69 Å². The number of para-hydroxylation sites is 2. The number of benzene rings is 3. The third-order valence-electron chi connectivity index (χ3n) is 5.69. The fraction of sp³-hybridized carbons (Fsp3) is 0.258. The third-order valence-corrected chi connectivity index (χ3v) is 5.69. The van der Waals surface area contributed by atoms with Gasteiger partial charge in [-0.25, -0.2) is 5.43 Å². The van der Waals surface area contributed by atoms with Crippen LogP contribution in [0.5, 0.6) is 17.2 Å². The molecule has 0 spiro atoms. The summed E-state index contributed by atoms with van der Waals surface area (Å²) in [5.74, 6) is 1.11. The maximum absolute atomic E-state index is 12.3. The van der Waals surface area contributed by atoms with Crippen molar-refractivity contribution < 1.29 is 23.8 Å². The van der Waals surface area contributed by atoms with Crippen LogP contribution in [0.25, 0.3) is 0 Å². The first kappa shape index (κ1) is 29.0. The number of anilines is 1. The fourth-order valence-electron chi connectivity index (χ4n) is 3.75. The first-order valence-electron chi connectivity index (χ1n) is 12.8. The predicted molar refractivity (Wildman–Crippen MR) is 154 cm³/mol. The second-order valence-corrected chi connectivity index (χ2v) is 8.75. The molecule has 0 aliphatic heterocycles. The molecule has 2 N–H and O–H groups in total. The van der Waals surface area contributed by atoms with Crippen molar-refractivity contribution in [1.29, 1.82) is 0 Å². The van der Waals surface area contributed by atoms with Crippen LogP contribution >= 0.6 is 0 Å². The number of methoxy groups -OCH3 is 1. The van der Waals surface area contributed by atoms with Gasteiger partial charge in [0.05, 0.1) is 25.6 Å². The van der Waals surface area contributed by atoms with Crippen LogP contribution in [0.15, 0.2) is 78.4 Å². The number of hydrazone groups is 1. The van der Waals surface area contributed by atoms with Crippen LogP contribution in [0.3, 0.4) is 0 Å². The number of carbonyl (C=O) groups is 2. The molecule has 0 aromatic heterocycles. The number of nitrogens with one attached hydrogen (secondary N) is 2. The summed E-state index contributed by atoms with van der Waals surface area (Å²) in [6.07, 6.45) is 3.88. The molecule has 3 aromatic carbocycles. The third kappa shape index (κ3) is 9.03. The number of aryl methyl sites for hydroxylation is 1. The lowest BCUT2D eigenvalue weighted by molar-refractivity contribution is -0.124. The quantitative estimate of drug-likeness (QED) is 0.161. The summed E-state index contributed by atoms with van der Waals surface area (Å²) in [6.45, 7) is 8.67. The van der Waals surface area contributed by atoms with Crippen molar-refractivity contribution in [2.75, 3.05) is 19.0 Å². The van der Waals surface area contributed by atoms with E-state index in [2.05, 4.69) is 22.4 Å². The Balaban J connectivity index is 1.61. The normalized spacial score (nSPS) is 10.6. The van der Waals surface area contributed by atoms with Gasteiger partial charge in [0, 0.05) is 18.4 Å². The number of amides is 2. The Morgan fingerprint density at radius 2 is 1.72 bits per heavy atom. The average molecular weight is 530 g/mol. The van der Waals surface area contributed by atoms with Gasteiger partial charge in [-0.05, 0) is 55.7 Å². The van der Waals surface area contributed by atoms with E-state index in [1.165, 1.54) is 18.9 Å². The molecule has 3 aromatic rings. The Hall–Kier alpha value is -4.59. The molecule has 2 amide bonds. The van der Waals surface area contributed by atoms with Gasteiger partial charge >= 0.3 is 0 Å². The first-order valence-corrected chi connectivity index (χ1v) is 12.8. The number of hydrogen-bond acceptors (Lipinski definition) is 6. The summed E-state index contributed by atoms with van der Waals surface area (Å²) < 4.78 is 17.3. The van der Waals surface area contributed by atoms with E-state index in [9.17, 15) is 9.59 Å². The molecule has 0 aliphatic carbocycles. The molecule has 204 valence electrons. The molecule has 0 heterocycles. The minimum absolute atomic E-state index is 0.00436. The van der Waals surface area contributed by atoms with Gasteiger partial charge in [-0.3, -0.25) is 9.59 Å². The van der Waals surface area contributed by atoms with Gasteiger partial charge in [0.1, 0.15) is 12.4 Å². The highest BCUT2D eigenvalue weighted by Gasteiger charge is 2.14. The van der Waals surface area contributed by atoms with E-state index in [-0.39, 0.29) is 24.7 Å². The number of nitrogens with zero attached hydrogens (tertiary/aromatic N) is 1. The van der Waals surface area contributed by atoms with Gasteiger partial charge in [0.2, 0.25) is 11.8 Å². The van der Waals surface area contributed by atoms with E-state index < -0.39 is 0 Å². The second kappa shape index (κ2) is 15.0. The average Bonchev–Trinajstić information content (AvgIpc) is 2.93. The van der Waals surface area contributed by atoms with Crippen molar-refractivity contribution in [3.8, 4) is 17.2 Å². The fourth-order valence-corrected chi connectivity index (χ4v) is 3.75. The van der Waals surface area contributed by atoms with Crippen molar-refractivity contribution in [1.82, 2.24) is 5.43 Å². The lowest BCUT2D eigenvalue weighted by atomic mass is 10.1. The van der Waals surface area contributed by atoms with E-state index in [1.807, 2.05) is 56.3 Å². The summed E-state index contributed by atoms with van der Waals surface area (Å²) in [5, 5.41) is 6.81. The van der Waals surface area contributed by atoms with Crippen LogP contribution in [0.1, 0.15) is 42.0 Å². The Bertz CT molecular complexity index is 1300. The van der Waals surface area contributed by atoms with E-state index in [1.54, 1.807) is 24.3 Å². The summed E-state index contributed by atoms with van der Waals surface area (Å²) in [5.41, 5.74) is 6.89. The number of ether oxygens (including phenoxy) is 3. The van der Waals surface area contributed by atoms with Crippen LogP contribution < -0.4 is 25.0 Å². The van der Waals surface area contributed by atoms with Gasteiger partial charge < -0.3 is 19.5 Å². The SMILES string of the molecule is C=CCc1cc(C=NNC(=O)CCC(=O)Nc2ccccc2OC)cc(OCC)c1OCc1ccc(C)cc1. The molecule has 0 radical (unpaired) electrons. The lowest BCUT2D eigenvalue weighted by Crippen LogP contribution is -2.20. The second-order valence-electron chi connectivity index (χ2n) is 8.75. The zero-order valence-electron chi connectivity index (χ0n) is 22.7. The highest BCUT2D eigenvalue weighted by molar-refractivity contribution is 5.94. The van der Waals surface area contributed by atoms with Crippen molar-refractivity contribution in [3.63, 3.8) is 0 Å². The zero-order valence-corrected chi connectivity index (χ0v) is 22.7. The van der Waals surface area contributed by atoms with Crippen molar-refractivity contribution in [3.05, 3.63) is 95.6 Å². The van der Waals surface area contributed by atoms with Crippen LogP contribution in [0.2, 0.25) is 0 Å². The molecule has 0 aliphatic rings. The molecule has 8 heteroatoms. The molecular formula is C31H35N3O5. The van der Waals surface area contributed by atoms with Gasteiger partial charge in [0.15, 0.2) is 11.5 Å². The molecule has 8 nitrogen and oxygen atoms in total. The molecule has 0 saturated heterocycles. The Kier molecular flexibility index (Phi) is 11.1. The summed E-state index contributed by atoms with van der Waals surface area (Å²) in [4.78, 5) is 24.5. The molecule has 0 atom stereocenters. The molecule has 0 unspecified atom stereocenters. The molecule has 39 heavy (non-hydrogen) atoms. The first-order chi connectivity index (χ1) is 18.9. The Morgan fingerprint density at radius 1 is 0.974 bits per heavy atom. The number of carbonyl (C=O) groups excluding carboxylic acids is 2. The van der Waals surface area contributed by atoms with E-state index in [4.69, 9.17) is 14.2 Å². The van der Waals surface area contributed by atoms with Crippen molar-refractivity contribution in [2.24, 2.45) is 5.10 Å². The number of allylic oxidation sites excluding steroid dienone is 1. The summed E-state index contributed by atoms with van der Waals surface area (Å²) in [7, 11) is 1.53. The molecule has 0 saturated carbocycles. The van der Waals surface area contributed by atoms with E-state index in [0.29, 0.717) is 42.6 Å². The van der Waals surface area contributed by atoms with Crippen LogP contribution in [-0.4, -0.2) is 31.7 Å². The van der Waals surface area contributed by atoms with Crippen LogP contribution in [-0.2, 0) is 22.6 Å². The monoisotopic (exact) mass is 529 g/mol. The largest absolute Gasteiger partial charge is 0.495 e. The highest BCUT2D eigenvalue weighted by atomic mass is 16.5. The molecular weight excluding hydrogens is 494 g/mol. The summed E-state index contributed by atoms with van der Waals surface area (Å²) >= 11 is 0. The van der Waals surface area contributed by atoms with Gasteiger partial charge in [-0.2, -0.15) is 5.10 Å². The van der Waals surface area contributed by atoms with Gasteiger partial charge in [-0.15, -0.1) is 6.58 Å². The number of rotatable bonds is 14. The zero-order chi connectivity index (χ0) is 28.0.